The van der Waals surface area contributed by atoms with Gasteiger partial charge in [0.25, 0.3) is 0 Å². The summed E-state index contributed by atoms with van der Waals surface area (Å²) in [7, 11) is 0. The van der Waals surface area contributed by atoms with E-state index in [4.69, 9.17) is 0 Å². The van der Waals surface area contributed by atoms with Crippen molar-refractivity contribution in [1.29, 1.82) is 0 Å². The highest BCUT2D eigenvalue weighted by molar-refractivity contribution is 9.10. The molecule has 0 atom stereocenters. The molecule has 2 rings (SSSR count). The SMILES string of the molecule is O=C(NCc1cc(Br)cs1)C1CCCCCC1. The zero-order valence-corrected chi connectivity index (χ0v) is 12.3. The van der Waals surface area contributed by atoms with Crippen molar-refractivity contribution in [3.8, 4) is 0 Å². The van der Waals surface area contributed by atoms with Crippen LogP contribution in [-0.4, -0.2) is 5.91 Å². The number of halogens is 1. The molecule has 17 heavy (non-hydrogen) atoms. The Morgan fingerprint density at radius 3 is 2.65 bits per heavy atom. The van der Waals surface area contributed by atoms with Gasteiger partial charge in [-0.2, -0.15) is 0 Å². The number of amides is 1. The van der Waals surface area contributed by atoms with Crippen molar-refractivity contribution in [1.82, 2.24) is 5.32 Å². The van der Waals surface area contributed by atoms with E-state index in [0.29, 0.717) is 6.54 Å². The van der Waals surface area contributed by atoms with Crippen LogP contribution in [-0.2, 0) is 11.3 Å². The Morgan fingerprint density at radius 1 is 1.35 bits per heavy atom. The van der Waals surface area contributed by atoms with E-state index in [0.717, 1.165) is 17.3 Å². The first-order valence-corrected chi connectivity index (χ1v) is 7.93. The Labute approximate surface area is 115 Å². The van der Waals surface area contributed by atoms with Crippen molar-refractivity contribution < 1.29 is 4.79 Å². The molecule has 1 aliphatic carbocycles. The summed E-state index contributed by atoms with van der Waals surface area (Å²) in [6.07, 6.45) is 7.15. The maximum Gasteiger partial charge on any atom is 0.223 e. The number of rotatable bonds is 3. The highest BCUT2D eigenvalue weighted by atomic mass is 79.9. The zero-order valence-electron chi connectivity index (χ0n) is 9.88. The quantitative estimate of drug-likeness (QED) is 0.836. The first-order valence-electron chi connectivity index (χ1n) is 6.26. The molecule has 1 heterocycles. The van der Waals surface area contributed by atoms with Crippen LogP contribution in [0.1, 0.15) is 43.4 Å². The molecule has 1 N–H and O–H groups in total. The van der Waals surface area contributed by atoms with Gasteiger partial charge in [0.2, 0.25) is 5.91 Å². The summed E-state index contributed by atoms with van der Waals surface area (Å²) in [6, 6.07) is 2.07. The summed E-state index contributed by atoms with van der Waals surface area (Å²) in [6.45, 7) is 0.672. The van der Waals surface area contributed by atoms with Gasteiger partial charge in [-0.1, -0.05) is 25.7 Å². The van der Waals surface area contributed by atoms with E-state index in [2.05, 4.69) is 27.3 Å². The molecule has 1 fully saturated rings. The van der Waals surface area contributed by atoms with Gasteiger partial charge < -0.3 is 5.32 Å². The molecule has 0 spiro atoms. The van der Waals surface area contributed by atoms with Gasteiger partial charge in [0, 0.05) is 20.6 Å². The highest BCUT2D eigenvalue weighted by Crippen LogP contribution is 2.23. The summed E-state index contributed by atoms with van der Waals surface area (Å²) >= 11 is 5.10. The molecule has 0 bridgehead atoms. The number of hydrogen-bond donors (Lipinski definition) is 1. The van der Waals surface area contributed by atoms with Crippen LogP contribution < -0.4 is 5.32 Å². The van der Waals surface area contributed by atoms with Crippen LogP contribution in [0.5, 0.6) is 0 Å². The smallest absolute Gasteiger partial charge is 0.223 e. The minimum atomic E-state index is 0.247. The van der Waals surface area contributed by atoms with Gasteiger partial charge in [0.05, 0.1) is 6.54 Å². The number of carbonyl (C=O) groups is 1. The normalized spacial score (nSPS) is 17.7. The Balaban J connectivity index is 1.79. The predicted octanol–water partition coefficient (Wildman–Crippen LogP) is 4.10. The highest BCUT2D eigenvalue weighted by Gasteiger charge is 2.19. The van der Waals surface area contributed by atoms with Gasteiger partial charge in [0.15, 0.2) is 0 Å². The standard InChI is InChI=1S/C13H18BrNOS/c14-11-7-12(17-9-11)8-15-13(16)10-5-3-1-2-4-6-10/h7,9-10H,1-6,8H2,(H,15,16). The molecule has 0 radical (unpaired) electrons. The molecule has 0 aliphatic heterocycles. The molecule has 1 saturated carbocycles. The second-order valence-corrected chi connectivity index (χ2v) is 6.55. The lowest BCUT2D eigenvalue weighted by molar-refractivity contribution is -0.125. The summed E-state index contributed by atoms with van der Waals surface area (Å²) in [5.74, 6) is 0.498. The average Bonchev–Trinajstić information content (AvgIpc) is 2.58. The lowest BCUT2D eigenvalue weighted by Crippen LogP contribution is -2.29. The molecule has 4 heteroatoms. The van der Waals surface area contributed by atoms with Gasteiger partial charge in [-0.05, 0) is 34.8 Å². The molecule has 94 valence electrons. The first-order chi connectivity index (χ1) is 8.25. The molecule has 1 amide bonds. The molecule has 1 aliphatic rings. The largest absolute Gasteiger partial charge is 0.351 e. The fourth-order valence-corrected chi connectivity index (χ4v) is 3.70. The van der Waals surface area contributed by atoms with E-state index >= 15 is 0 Å². The molecule has 2 nitrogen and oxygen atoms in total. The topological polar surface area (TPSA) is 29.1 Å². The average molecular weight is 316 g/mol. The van der Waals surface area contributed by atoms with Crippen LogP contribution in [0.25, 0.3) is 0 Å². The Morgan fingerprint density at radius 2 is 2.06 bits per heavy atom. The Hall–Kier alpha value is -0.350. The van der Waals surface area contributed by atoms with Crippen LogP contribution in [0.15, 0.2) is 15.9 Å². The van der Waals surface area contributed by atoms with Gasteiger partial charge in [-0.3, -0.25) is 4.79 Å². The molecule has 0 saturated heterocycles. The Bertz CT molecular complexity index is 369. The van der Waals surface area contributed by atoms with Crippen molar-refractivity contribution in [2.24, 2.45) is 5.92 Å². The fraction of sp³-hybridized carbons (Fsp3) is 0.615. The van der Waals surface area contributed by atoms with Crippen LogP contribution in [0.4, 0.5) is 0 Å². The molecular weight excluding hydrogens is 298 g/mol. The van der Waals surface area contributed by atoms with Gasteiger partial charge in [0.1, 0.15) is 0 Å². The van der Waals surface area contributed by atoms with Crippen LogP contribution in [0.3, 0.4) is 0 Å². The molecular formula is C13H18BrNOS. The maximum absolute atomic E-state index is 12.0. The van der Waals surface area contributed by atoms with E-state index in [1.165, 1.54) is 30.6 Å². The summed E-state index contributed by atoms with van der Waals surface area (Å²) in [4.78, 5) is 13.2. The van der Waals surface area contributed by atoms with Gasteiger partial charge >= 0.3 is 0 Å². The van der Waals surface area contributed by atoms with E-state index in [9.17, 15) is 4.79 Å². The van der Waals surface area contributed by atoms with Crippen LogP contribution in [0, 0.1) is 5.92 Å². The minimum Gasteiger partial charge on any atom is -0.351 e. The number of thiophene rings is 1. The summed E-state index contributed by atoms with van der Waals surface area (Å²) in [5, 5.41) is 5.11. The third kappa shape index (κ3) is 4.11. The van der Waals surface area contributed by atoms with Crippen LogP contribution in [0.2, 0.25) is 0 Å². The monoisotopic (exact) mass is 315 g/mol. The molecule has 1 aromatic rings. The third-order valence-electron chi connectivity index (χ3n) is 3.28. The summed E-state index contributed by atoms with van der Waals surface area (Å²) in [5.41, 5.74) is 0. The number of nitrogens with one attached hydrogen (secondary N) is 1. The predicted molar refractivity (Wildman–Crippen MR) is 75.1 cm³/mol. The second kappa shape index (κ2) is 6.55. The Kier molecular flexibility index (Phi) is 5.04. The number of carbonyl (C=O) groups excluding carboxylic acids is 1. The number of hydrogen-bond acceptors (Lipinski definition) is 2. The van der Waals surface area contributed by atoms with Crippen LogP contribution >= 0.6 is 27.3 Å². The molecule has 1 aromatic heterocycles. The van der Waals surface area contributed by atoms with Gasteiger partial charge in [-0.15, -0.1) is 11.3 Å². The lowest BCUT2D eigenvalue weighted by Gasteiger charge is -2.13. The lowest BCUT2D eigenvalue weighted by atomic mass is 9.99. The van der Waals surface area contributed by atoms with Crippen molar-refractivity contribution in [3.63, 3.8) is 0 Å². The molecule has 0 unspecified atom stereocenters. The first kappa shape index (κ1) is 13.1. The maximum atomic E-state index is 12.0. The van der Waals surface area contributed by atoms with E-state index in [1.54, 1.807) is 11.3 Å². The van der Waals surface area contributed by atoms with Crippen molar-refractivity contribution in [3.05, 3.63) is 20.8 Å². The fourth-order valence-electron chi connectivity index (χ4n) is 2.31. The summed E-state index contributed by atoms with van der Waals surface area (Å²) < 4.78 is 1.10. The van der Waals surface area contributed by atoms with Crippen molar-refractivity contribution in [2.75, 3.05) is 0 Å². The molecule has 0 aromatic carbocycles. The van der Waals surface area contributed by atoms with Crippen molar-refractivity contribution in [2.45, 2.75) is 45.1 Å². The van der Waals surface area contributed by atoms with E-state index in [-0.39, 0.29) is 11.8 Å². The van der Waals surface area contributed by atoms with Crippen molar-refractivity contribution >= 4 is 33.2 Å². The van der Waals surface area contributed by atoms with Gasteiger partial charge in [-0.25, -0.2) is 0 Å². The van der Waals surface area contributed by atoms with E-state index in [1.807, 2.05) is 5.38 Å². The van der Waals surface area contributed by atoms with E-state index < -0.39 is 0 Å². The third-order valence-corrected chi connectivity index (χ3v) is 4.98. The minimum absolute atomic E-state index is 0.247. The second-order valence-electron chi connectivity index (χ2n) is 4.64. The zero-order chi connectivity index (χ0) is 12.1.